The van der Waals surface area contributed by atoms with Crippen LogP contribution < -0.4 is 10.5 Å². The van der Waals surface area contributed by atoms with Crippen molar-refractivity contribution in [1.29, 1.82) is 0 Å². The summed E-state index contributed by atoms with van der Waals surface area (Å²) in [5, 5.41) is 9.86. The van der Waals surface area contributed by atoms with Gasteiger partial charge in [0.2, 0.25) is 0 Å². The van der Waals surface area contributed by atoms with Gasteiger partial charge in [-0.3, -0.25) is 0 Å². The number of benzene rings is 1. The van der Waals surface area contributed by atoms with Gasteiger partial charge in [0.25, 0.3) is 0 Å². The van der Waals surface area contributed by atoms with E-state index >= 15 is 0 Å². The van der Waals surface area contributed by atoms with Crippen LogP contribution in [0.15, 0.2) is 12.1 Å². The zero-order valence-electron chi connectivity index (χ0n) is 10.2. The molecule has 0 heterocycles. The molecule has 5 heteroatoms. The second kappa shape index (κ2) is 6.94. The zero-order chi connectivity index (χ0) is 12.3. The molecular formula is C12H19Cl2NO2. The van der Waals surface area contributed by atoms with Gasteiger partial charge in [0.05, 0.1) is 12.1 Å². The molecule has 0 aromatic heterocycles. The molecule has 1 rings (SSSR count). The maximum Gasteiger partial charge on any atom is 0.176 e. The summed E-state index contributed by atoms with van der Waals surface area (Å²) in [6.45, 7) is 4.22. The molecule has 0 aliphatic carbocycles. The maximum absolute atomic E-state index is 9.59. The molecule has 0 aliphatic rings. The van der Waals surface area contributed by atoms with Crippen LogP contribution >= 0.6 is 24.0 Å². The van der Waals surface area contributed by atoms with E-state index in [1.807, 2.05) is 0 Å². The maximum atomic E-state index is 9.59. The molecule has 0 spiro atoms. The minimum absolute atomic E-state index is 0. The Bertz CT molecular complexity index is 370. The minimum Gasteiger partial charge on any atom is -0.503 e. The van der Waals surface area contributed by atoms with Crippen LogP contribution in [0.1, 0.15) is 31.9 Å². The molecule has 3 N–H and O–H groups in total. The van der Waals surface area contributed by atoms with Gasteiger partial charge < -0.3 is 15.6 Å². The van der Waals surface area contributed by atoms with Crippen LogP contribution in [0.3, 0.4) is 0 Å². The lowest BCUT2D eigenvalue weighted by Crippen LogP contribution is -2.13. The Morgan fingerprint density at radius 3 is 2.47 bits per heavy atom. The van der Waals surface area contributed by atoms with E-state index < -0.39 is 0 Å². The normalized spacial score (nSPS) is 12.1. The third-order valence-electron chi connectivity index (χ3n) is 2.42. The predicted octanol–water partition coefficient (Wildman–Crippen LogP) is 3.52. The van der Waals surface area contributed by atoms with E-state index in [1.165, 1.54) is 7.11 Å². The smallest absolute Gasteiger partial charge is 0.176 e. The van der Waals surface area contributed by atoms with Crippen molar-refractivity contribution in [2.45, 2.75) is 26.3 Å². The number of hydrogen-bond acceptors (Lipinski definition) is 3. The second-order valence-corrected chi connectivity index (χ2v) is 4.70. The van der Waals surface area contributed by atoms with Crippen molar-refractivity contribution in [3.05, 3.63) is 22.7 Å². The van der Waals surface area contributed by atoms with Crippen molar-refractivity contribution >= 4 is 24.0 Å². The first kappa shape index (κ1) is 16.4. The second-order valence-electron chi connectivity index (χ2n) is 4.29. The van der Waals surface area contributed by atoms with Crippen LogP contribution in [-0.4, -0.2) is 12.2 Å². The Labute approximate surface area is 113 Å². The highest BCUT2D eigenvalue weighted by molar-refractivity contribution is 6.32. The Morgan fingerprint density at radius 1 is 1.41 bits per heavy atom. The van der Waals surface area contributed by atoms with Crippen molar-refractivity contribution < 1.29 is 9.84 Å². The summed E-state index contributed by atoms with van der Waals surface area (Å²) in [5.41, 5.74) is 6.93. The number of hydrogen-bond donors (Lipinski definition) is 2. The van der Waals surface area contributed by atoms with E-state index in [0.29, 0.717) is 11.7 Å². The summed E-state index contributed by atoms with van der Waals surface area (Å²) >= 11 is 5.89. The molecule has 98 valence electrons. The van der Waals surface area contributed by atoms with Crippen LogP contribution in [-0.2, 0) is 0 Å². The van der Waals surface area contributed by atoms with Crippen LogP contribution in [0.2, 0.25) is 5.02 Å². The summed E-state index contributed by atoms with van der Waals surface area (Å²) in [5.74, 6) is 0.833. The Hall–Kier alpha value is -0.640. The Morgan fingerprint density at radius 2 is 2.00 bits per heavy atom. The van der Waals surface area contributed by atoms with Gasteiger partial charge >= 0.3 is 0 Å². The van der Waals surface area contributed by atoms with Crippen LogP contribution in [0.4, 0.5) is 0 Å². The summed E-state index contributed by atoms with van der Waals surface area (Å²) in [7, 11) is 1.49. The van der Waals surface area contributed by atoms with Gasteiger partial charge in [-0.1, -0.05) is 25.4 Å². The fourth-order valence-electron chi connectivity index (χ4n) is 1.61. The lowest BCUT2D eigenvalue weighted by Gasteiger charge is -2.16. The third-order valence-corrected chi connectivity index (χ3v) is 2.71. The molecule has 3 nitrogen and oxygen atoms in total. The van der Waals surface area contributed by atoms with Crippen molar-refractivity contribution in [2.24, 2.45) is 11.7 Å². The van der Waals surface area contributed by atoms with E-state index in [1.54, 1.807) is 12.1 Å². The van der Waals surface area contributed by atoms with E-state index in [0.717, 1.165) is 12.0 Å². The van der Waals surface area contributed by atoms with E-state index in [2.05, 4.69) is 13.8 Å². The first-order valence-electron chi connectivity index (χ1n) is 5.27. The quantitative estimate of drug-likeness (QED) is 0.887. The molecule has 1 aromatic carbocycles. The molecule has 17 heavy (non-hydrogen) atoms. The van der Waals surface area contributed by atoms with Gasteiger partial charge in [-0.25, -0.2) is 0 Å². The van der Waals surface area contributed by atoms with Gasteiger partial charge in [0.1, 0.15) is 0 Å². The third kappa shape index (κ3) is 4.26. The lowest BCUT2D eigenvalue weighted by atomic mass is 9.97. The Balaban J connectivity index is 0.00000256. The standard InChI is InChI=1S/C12H18ClNO2.ClH/c1-7(2)4-10(14)8-5-9(13)12(15)11(6-8)16-3;/h5-7,10,15H,4,14H2,1-3H3;1H/t10-;/m0./s1. The van der Waals surface area contributed by atoms with Crippen LogP contribution in [0.5, 0.6) is 11.5 Å². The van der Waals surface area contributed by atoms with Crippen LogP contribution in [0.25, 0.3) is 0 Å². The average molecular weight is 280 g/mol. The van der Waals surface area contributed by atoms with Gasteiger partial charge in [-0.05, 0) is 30.0 Å². The number of methoxy groups -OCH3 is 1. The molecule has 0 fully saturated rings. The van der Waals surface area contributed by atoms with Gasteiger partial charge in [-0.15, -0.1) is 12.4 Å². The van der Waals surface area contributed by atoms with Gasteiger partial charge in [0.15, 0.2) is 11.5 Å². The summed E-state index contributed by atoms with van der Waals surface area (Å²) in [4.78, 5) is 0. The lowest BCUT2D eigenvalue weighted by molar-refractivity contribution is 0.372. The number of phenols is 1. The van der Waals surface area contributed by atoms with E-state index in [9.17, 15) is 5.11 Å². The van der Waals surface area contributed by atoms with Crippen molar-refractivity contribution in [2.75, 3.05) is 7.11 Å². The topological polar surface area (TPSA) is 55.5 Å². The Kier molecular flexibility index (Phi) is 6.68. The molecule has 0 saturated carbocycles. The molecule has 0 unspecified atom stereocenters. The zero-order valence-corrected chi connectivity index (χ0v) is 11.8. The number of aromatic hydroxyl groups is 1. The van der Waals surface area contributed by atoms with E-state index in [4.69, 9.17) is 22.1 Å². The summed E-state index contributed by atoms with van der Waals surface area (Å²) in [6, 6.07) is 3.33. The first-order valence-corrected chi connectivity index (χ1v) is 5.65. The molecule has 1 aromatic rings. The monoisotopic (exact) mass is 279 g/mol. The minimum atomic E-state index is -0.0907. The highest BCUT2D eigenvalue weighted by Crippen LogP contribution is 2.37. The molecule has 1 atom stereocenters. The van der Waals surface area contributed by atoms with Crippen molar-refractivity contribution in [1.82, 2.24) is 0 Å². The number of rotatable bonds is 4. The molecule has 0 aliphatic heterocycles. The largest absolute Gasteiger partial charge is 0.503 e. The summed E-state index contributed by atoms with van der Waals surface area (Å²) < 4.78 is 5.03. The first-order chi connectivity index (χ1) is 7.45. The highest BCUT2D eigenvalue weighted by atomic mass is 35.5. The van der Waals surface area contributed by atoms with Crippen molar-refractivity contribution in [3.8, 4) is 11.5 Å². The molecular weight excluding hydrogens is 261 g/mol. The van der Waals surface area contributed by atoms with Gasteiger partial charge in [-0.2, -0.15) is 0 Å². The number of nitrogens with two attached hydrogens (primary N) is 1. The van der Waals surface area contributed by atoms with E-state index in [-0.39, 0.29) is 29.2 Å². The molecule has 0 amide bonds. The predicted molar refractivity (Wildman–Crippen MR) is 73.3 cm³/mol. The van der Waals surface area contributed by atoms with Crippen molar-refractivity contribution in [3.63, 3.8) is 0 Å². The number of phenolic OH excluding ortho intramolecular Hbond substituents is 1. The SMILES string of the molecule is COc1cc([C@@H](N)CC(C)C)cc(Cl)c1O.Cl. The van der Waals surface area contributed by atoms with Crippen LogP contribution in [0, 0.1) is 5.92 Å². The molecule has 0 radical (unpaired) electrons. The number of halogens is 2. The summed E-state index contributed by atoms with van der Waals surface area (Å²) in [6.07, 6.45) is 0.865. The highest BCUT2D eigenvalue weighted by Gasteiger charge is 2.14. The average Bonchev–Trinajstić information content (AvgIpc) is 2.20. The fraction of sp³-hybridized carbons (Fsp3) is 0.500. The molecule has 0 bridgehead atoms. The fourth-order valence-corrected chi connectivity index (χ4v) is 1.83. The van der Waals surface area contributed by atoms with Gasteiger partial charge in [0, 0.05) is 6.04 Å². The molecule has 0 saturated heterocycles. The number of ether oxygens (including phenoxy) is 1.